The van der Waals surface area contributed by atoms with Gasteiger partial charge in [-0.25, -0.2) is 4.98 Å². The number of likely N-dealkylation sites (tertiary alicyclic amines) is 1. The van der Waals surface area contributed by atoms with Gasteiger partial charge in [0.15, 0.2) is 0 Å². The number of thiophene rings is 1. The quantitative estimate of drug-likeness (QED) is 0.502. The lowest BCUT2D eigenvalue weighted by Crippen LogP contribution is -2.38. The Kier molecular flexibility index (Phi) is 7.75. The van der Waals surface area contributed by atoms with E-state index in [9.17, 15) is 9.59 Å². The molecule has 0 saturated carbocycles. The van der Waals surface area contributed by atoms with Crippen molar-refractivity contribution in [1.29, 1.82) is 0 Å². The summed E-state index contributed by atoms with van der Waals surface area (Å²) in [5, 5.41) is 7.95. The lowest BCUT2D eigenvalue weighted by molar-refractivity contribution is -0.132. The number of piperidine rings is 1. The molecule has 1 aromatic carbocycles. The van der Waals surface area contributed by atoms with Crippen LogP contribution in [0.15, 0.2) is 47.2 Å². The number of para-hydroxylation sites is 2. The second-order valence-electron chi connectivity index (χ2n) is 8.88. The first kappa shape index (κ1) is 24.0. The van der Waals surface area contributed by atoms with Crippen LogP contribution in [-0.4, -0.2) is 61.1 Å². The molecule has 2 aliphatic heterocycles. The van der Waals surface area contributed by atoms with Gasteiger partial charge in [-0.2, -0.15) is 0 Å². The number of carbonyl (C=O) groups is 2. The Balaban J connectivity index is 1.15. The van der Waals surface area contributed by atoms with Crippen LogP contribution in [0.25, 0.3) is 0 Å². The number of hydrogen-bond donors (Lipinski definition) is 1. The number of ether oxygens (including phenoxy) is 1. The standard InChI is InChI=1S/C26H30N4O3S2/c31-24(8-7-20-4-3-17-34-20)30-11-9-19(10-12-30)26-28-22(18-35-26)25(32)27-21-5-1-2-6-23(21)29-13-15-33-16-14-29/h1-6,17-19H,7-16H2,(H,27,32). The second-order valence-corrected chi connectivity index (χ2v) is 10.8. The third-order valence-electron chi connectivity index (χ3n) is 6.62. The Bertz CT molecular complexity index is 1130. The van der Waals surface area contributed by atoms with E-state index in [2.05, 4.69) is 26.6 Å². The van der Waals surface area contributed by atoms with Crippen molar-refractivity contribution in [1.82, 2.24) is 9.88 Å². The van der Waals surface area contributed by atoms with Gasteiger partial charge in [0.05, 0.1) is 29.6 Å². The molecule has 1 N–H and O–H groups in total. The van der Waals surface area contributed by atoms with Crippen LogP contribution in [0, 0.1) is 0 Å². The molecule has 184 valence electrons. The predicted molar refractivity (Wildman–Crippen MR) is 141 cm³/mol. The molecule has 0 spiro atoms. The number of aryl methyl sites for hydroxylation is 1. The summed E-state index contributed by atoms with van der Waals surface area (Å²) >= 11 is 3.25. The molecule has 0 atom stereocenters. The minimum absolute atomic E-state index is 0.186. The highest BCUT2D eigenvalue weighted by molar-refractivity contribution is 7.10. The van der Waals surface area contributed by atoms with Crippen molar-refractivity contribution in [3.63, 3.8) is 0 Å². The van der Waals surface area contributed by atoms with Crippen molar-refractivity contribution >= 4 is 45.9 Å². The van der Waals surface area contributed by atoms with E-state index < -0.39 is 0 Å². The van der Waals surface area contributed by atoms with Crippen LogP contribution in [0.4, 0.5) is 11.4 Å². The molecule has 2 aliphatic rings. The highest BCUT2D eigenvalue weighted by atomic mass is 32.1. The zero-order chi connectivity index (χ0) is 24.0. The van der Waals surface area contributed by atoms with Crippen LogP contribution in [0.3, 0.4) is 0 Å². The number of rotatable bonds is 7. The zero-order valence-corrected chi connectivity index (χ0v) is 21.3. The number of anilines is 2. The number of carbonyl (C=O) groups excluding carboxylic acids is 2. The van der Waals surface area contributed by atoms with Crippen molar-refractivity contribution in [2.45, 2.75) is 31.6 Å². The fraction of sp³-hybridized carbons (Fsp3) is 0.423. The lowest BCUT2D eigenvalue weighted by atomic mass is 9.97. The van der Waals surface area contributed by atoms with Gasteiger partial charge in [0.1, 0.15) is 5.69 Å². The van der Waals surface area contributed by atoms with Crippen LogP contribution in [0.1, 0.15) is 45.6 Å². The smallest absolute Gasteiger partial charge is 0.275 e. The SMILES string of the molecule is O=C(Nc1ccccc1N1CCOCC1)c1csc(C2CCN(C(=O)CCc3cccs3)CC2)n1. The van der Waals surface area contributed by atoms with Crippen LogP contribution in [0.5, 0.6) is 0 Å². The molecule has 0 aliphatic carbocycles. The Hall–Kier alpha value is -2.75. The van der Waals surface area contributed by atoms with Crippen molar-refractivity contribution in [3.8, 4) is 0 Å². The molecule has 9 heteroatoms. The average Bonchev–Trinajstić information content (AvgIpc) is 3.61. The van der Waals surface area contributed by atoms with Gasteiger partial charge in [-0.05, 0) is 42.8 Å². The summed E-state index contributed by atoms with van der Waals surface area (Å²) in [6, 6.07) is 12.0. The van der Waals surface area contributed by atoms with Gasteiger partial charge in [-0.15, -0.1) is 22.7 Å². The van der Waals surface area contributed by atoms with E-state index in [1.54, 1.807) is 22.7 Å². The number of morpholine rings is 1. The fourth-order valence-electron chi connectivity index (χ4n) is 4.64. The molecule has 2 aromatic heterocycles. The van der Waals surface area contributed by atoms with Gasteiger partial charge in [0.2, 0.25) is 5.91 Å². The summed E-state index contributed by atoms with van der Waals surface area (Å²) in [6.45, 7) is 4.50. The first-order chi connectivity index (χ1) is 17.2. The van der Waals surface area contributed by atoms with Crippen LogP contribution in [0.2, 0.25) is 0 Å². The number of thiazole rings is 1. The Morgan fingerprint density at radius 3 is 2.60 bits per heavy atom. The third kappa shape index (κ3) is 5.91. The van der Waals surface area contributed by atoms with E-state index in [4.69, 9.17) is 4.74 Å². The summed E-state index contributed by atoms with van der Waals surface area (Å²) < 4.78 is 5.46. The molecule has 0 bridgehead atoms. The number of benzene rings is 1. The molecule has 2 fully saturated rings. The van der Waals surface area contributed by atoms with Gasteiger partial charge in [0, 0.05) is 48.8 Å². The summed E-state index contributed by atoms with van der Waals surface area (Å²) in [6.07, 6.45) is 3.16. The van der Waals surface area contributed by atoms with Gasteiger partial charge < -0.3 is 19.9 Å². The zero-order valence-electron chi connectivity index (χ0n) is 19.7. The molecule has 0 radical (unpaired) electrons. The normalized spacial score (nSPS) is 16.9. The Morgan fingerprint density at radius 1 is 1.03 bits per heavy atom. The highest BCUT2D eigenvalue weighted by Crippen LogP contribution is 2.32. The van der Waals surface area contributed by atoms with Gasteiger partial charge in [-0.3, -0.25) is 9.59 Å². The highest BCUT2D eigenvalue weighted by Gasteiger charge is 2.26. The summed E-state index contributed by atoms with van der Waals surface area (Å²) in [5.74, 6) is 0.341. The van der Waals surface area contributed by atoms with Crippen LogP contribution < -0.4 is 10.2 Å². The first-order valence-corrected chi connectivity index (χ1v) is 13.9. The minimum atomic E-state index is -0.186. The largest absolute Gasteiger partial charge is 0.378 e. The number of hydrogen-bond acceptors (Lipinski definition) is 7. The molecule has 4 heterocycles. The molecule has 0 unspecified atom stereocenters. The van der Waals surface area contributed by atoms with E-state index in [-0.39, 0.29) is 11.8 Å². The molecule has 5 rings (SSSR count). The maximum Gasteiger partial charge on any atom is 0.275 e. The molecule has 35 heavy (non-hydrogen) atoms. The molecule has 3 aromatic rings. The summed E-state index contributed by atoms with van der Waals surface area (Å²) in [4.78, 5) is 35.8. The number of amides is 2. The topological polar surface area (TPSA) is 74.8 Å². The molecule has 2 saturated heterocycles. The van der Waals surface area contributed by atoms with Gasteiger partial charge >= 0.3 is 0 Å². The predicted octanol–water partition coefficient (Wildman–Crippen LogP) is 4.63. The van der Waals surface area contributed by atoms with Gasteiger partial charge in [0.25, 0.3) is 5.91 Å². The fourth-order valence-corrected chi connectivity index (χ4v) is 6.32. The van der Waals surface area contributed by atoms with E-state index >= 15 is 0 Å². The van der Waals surface area contributed by atoms with Crippen molar-refractivity contribution < 1.29 is 14.3 Å². The Labute approximate surface area is 213 Å². The van der Waals surface area contributed by atoms with Crippen molar-refractivity contribution in [2.75, 3.05) is 49.6 Å². The maximum absolute atomic E-state index is 13.0. The third-order valence-corrected chi connectivity index (χ3v) is 8.56. The summed E-state index contributed by atoms with van der Waals surface area (Å²) in [7, 11) is 0. The van der Waals surface area contributed by atoms with Crippen molar-refractivity contribution in [3.05, 3.63) is 62.7 Å². The maximum atomic E-state index is 13.0. The second kappa shape index (κ2) is 11.3. The number of nitrogens with one attached hydrogen (secondary N) is 1. The molecular formula is C26H30N4O3S2. The van der Waals surface area contributed by atoms with Crippen LogP contribution in [-0.2, 0) is 16.0 Å². The van der Waals surface area contributed by atoms with Crippen molar-refractivity contribution in [2.24, 2.45) is 0 Å². The monoisotopic (exact) mass is 510 g/mol. The van der Waals surface area contributed by atoms with E-state index in [1.807, 2.05) is 40.6 Å². The van der Waals surface area contributed by atoms with E-state index in [0.717, 1.165) is 61.8 Å². The number of nitrogens with zero attached hydrogens (tertiary/aromatic N) is 3. The van der Waals surface area contributed by atoms with Gasteiger partial charge in [-0.1, -0.05) is 18.2 Å². The summed E-state index contributed by atoms with van der Waals surface area (Å²) in [5.41, 5.74) is 2.26. The average molecular weight is 511 g/mol. The van der Waals surface area contributed by atoms with E-state index in [1.165, 1.54) is 4.88 Å². The first-order valence-electron chi connectivity index (χ1n) is 12.2. The number of aromatic nitrogens is 1. The van der Waals surface area contributed by atoms with Crippen LogP contribution >= 0.6 is 22.7 Å². The Morgan fingerprint density at radius 2 is 1.83 bits per heavy atom. The minimum Gasteiger partial charge on any atom is -0.378 e. The molecule has 7 nitrogen and oxygen atoms in total. The van der Waals surface area contributed by atoms with E-state index in [0.29, 0.717) is 31.2 Å². The lowest BCUT2D eigenvalue weighted by Gasteiger charge is -2.31. The molecular weight excluding hydrogens is 480 g/mol. The molecule has 2 amide bonds.